The van der Waals surface area contributed by atoms with Crippen LogP contribution in [0.25, 0.3) is 0 Å². The molecule has 0 bridgehead atoms. The summed E-state index contributed by atoms with van der Waals surface area (Å²) in [4.78, 5) is 14.3. The average Bonchev–Trinajstić information content (AvgIpc) is 2.83. The van der Waals surface area contributed by atoms with Gasteiger partial charge in [-0.15, -0.1) is 0 Å². The Bertz CT molecular complexity index is 412. The van der Waals surface area contributed by atoms with Crippen LogP contribution in [-0.2, 0) is 12.8 Å². The van der Waals surface area contributed by atoms with Crippen LogP contribution in [0.1, 0.15) is 61.3 Å². The summed E-state index contributed by atoms with van der Waals surface area (Å²) < 4.78 is 5.31. The van der Waals surface area contributed by atoms with Crippen LogP contribution in [-0.4, -0.2) is 29.1 Å². The van der Waals surface area contributed by atoms with Crippen molar-refractivity contribution in [3.05, 3.63) is 17.0 Å². The average molecular weight is 250 g/mol. The molecular weight excluding hydrogens is 228 g/mol. The summed E-state index contributed by atoms with van der Waals surface area (Å²) in [5, 5.41) is 4.01. The molecule has 0 fully saturated rings. The van der Waals surface area contributed by atoms with Crippen molar-refractivity contribution < 1.29 is 9.32 Å². The topological polar surface area (TPSA) is 46.3 Å². The maximum Gasteiger partial charge on any atom is 0.276 e. The summed E-state index contributed by atoms with van der Waals surface area (Å²) in [5.41, 5.74) is 1.61. The lowest BCUT2D eigenvalue weighted by Crippen LogP contribution is -2.32. The van der Waals surface area contributed by atoms with E-state index in [0.717, 1.165) is 62.9 Å². The summed E-state index contributed by atoms with van der Waals surface area (Å²) in [7, 11) is 0. The molecule has 4 nitrogen and oxygen atoms in total. The minimum absolute atomic E-state index is 0.0397. The van der Waals surface area contributed by atoms with Crippen LogP contribution >= 0.6 is 0 Å². The molecule has 0 saturated carbocycles. The number of amides is 1. The zero-order valence-electron chi connectivity index (χ0n) is 11.4. The van der Waals surface area contributed by atoms with Gasteiger partial charge < -0.3 is 9.42 Å². The molecule has 0 N–H and O–H groups in total. The standard InChI is InChI=1S/C14H22N2O2/c1-3-5-10-16(4-2)14(17)13-11-8-6-7-9-12(11)18-15-13/h3-10H2,1-2H3. The molecule has 1 heterocycles. The van der Waals surface area contributed by atoms with E-state index in [1.54, 1.807) is 0 Å². The summed E-state index contributed by atoms with van der Waals surface area (Å²) in [6.45, 7) is 5.70. The Morgan fingerprint density at radius 3 is 2.83 bits per heavy atom. The van der Waals surface area contributed by atoms with E-state index in [1.807, 2.05) is 11.8 Å². The minimum Gasteiger partial charge on any atom is -0.360 e. The molecule has 0 aliphatic heterocycles. The highest BCUT2D eigenvalue weighted by Gasteiger charge is 2.26. The molecule has 1 aliphatic rings. The molecule has 0 aromatic carbocycles. The number of unbranched alkanes of at least 4 members (excludes halogenated alkanes) is 1. The highest BCUT2D eigenvalue weighted by molar-refractivity contribution is 5.93. The molecule has 0 radical (unpaired) electrons. The van der Waals surface area contributed by atoms with Crippen molar-refractivity contribution in [2.24, 2.45) is 0 Å². The second kappa shape index (κ2) is 6.03. The second-order valence-electron chi connectivity index (χ2n) is 4.88. The van der Waals surface area contributed by atoms with E-state index >= 15 is 0 Å². The van der Waals surface area contributed by atoms with Gasteiger partial charge in [0, 0.05) is 25.1 Å². The normalized spacial score (nSPS) is 14.3. The maximum absolute atomic E-state index is 12.4. The smallest absolute Gasteiger partial charge is 0.276 e. The van der Waals surface area contributed by atoms with Gasteiger partial charge in [0.1, 0.15) is 5.76 Å². The Labute approximate surface area is 108 Å². The quantitative estimate of drug-likeness (QED) is 0.807. The third kappa shape index (κ3) is 2.57. The van der Waals surface area contributed by atoms with Crippen LogP contribution in [0.5, 0.6) is 0 Å². The first-order chi connectivity index (χ1) is 8.77. The van der Waals surface area contributed by atoms with Crippen LogP contribution in [0.3, 0.4) is 0 Å². The van der Waals surface area contributed by atoms with Crippen molar-refractivity contribution in [3.8, 4) is 0 Å². The molecule has 1 aromatic heterocycles. The van der Waals surface area contributed by atoms with E-state index in [1.165, 1.54) is 0 Å². The fraction of sp³-hybridized carbons (Fsp3) is 0.714. The Morgan fingerprint density at radius 2 is 2.11 bits per heavy atom. The van der Waals surface area contributed by atoms with Crippen LogP contribution in [0.2, 0.25) is 0 Å². The van der Waals surface area contributed by atoms with E-state index in [4.69, 9.17) is 4.52 Å². The van der Waals surface area contributed by atoms with Gasteiger partial charge in [-0.1, -0.05) is 18.5 Å². The first-order valence-corrected chi connectivity index (χ1v) is 7.04. The number of fused-ring (bicyclic) bond motifs is 1. The van der Waals surface area contributed by atoms with Gasteiger partial charge in [-0.2, -0.15) is 0 Å². The Morgan fingerprint density at radius 1 is 1.33 bits per heavy atom. The first-order valence-electron chi connectivity index (χ1n) is 7.04. The van der Waals surface area contributed by atoms with Crippen LogP contribution < -0.4 is 0 Å². The van der Waals surface area contributed by atoms with Crippen molar-refractivity contribution in [1.29, 1.82) is 0 Å². The molecule has 4 heteroatoms. The van der Waals surface area contributed by atoms with Crippen LogP contribution in [0, 0.1) is 0 Å². The highest BCUT2D eigenvalue weighted by Crippen LogP contribution is 2.25. The van der Waals surface area contributed by atoms with Crippen LogP contribution in [0.4, 0.5) is 0 Å². The summed E-state index contributed by atoms with van der Waals surface area (Å²) in [6, 6.07) is 0. The molecule has 100 valence electrons. The molecular formula is C14H22N2O2. The largest absolute Gasteiger partial charge is 0.360 e. The van der Waals surface area contributed by atoms with Crippen molar-refractivity contribution >= 4 is 5.91 Å². The first kappa shape index (κ1) is 13.1. The van der Waals surface area contributed by atoms with Gasteiger partial charge in [-0.25, -0.2) is 0 Å². The van der Waals surface area contributed by atoms with E-state index < -0.39 is 0 Å². The lowest BCUT2D eigenvalue weighted by Gasteiger charge is -2.20. The zero-order chi connectivity index (χ0) is 13.0. The number of carbonyl (C=O) groups is 1. The molecule has 18 heavy (non-hydrogen) atoms. The second-order valence-corrected chi connectivity index (χ2v) is 4.88. The molecule has 1 aliphatic carbocycles. The Kier molecular flexibility index (Phi) is 4.39. The van der Waals surface area contributed by atoms with Gasteiger partial charge in [-0.3, -0.25) is 4.79 Å². The number of carbonyl (C=O) groups excluding carboxylic acids is 1. The predicted molar refractivity (Wildman–Crippen MR) is 69.6 cm³/mol. The lowest BCUT2D eigenvalue weighted by molar-refractivity contribution is 0.0751. The minimum atomic E-state index is 0.0397. The summed E-state index contributed by atoms with van der Waals surface area (Å²) >= 11 is 0. The molecule has 1 aromatic rings. The monoisotopic (exact) mass is 250 g/mol. The van der Waals surface area contributed by atoms with Crippen molar-refractivity contribution in [2.75, 3.05) is 13.1 Å². The number of aromatic nitrogens is 1. The van der Waals surface area contributed by atoms with Crippen molar-refractivity contribution in [1.82, 2.24) is 10.1 Å². The fourth-order valence-corrected chi connectivity index (χ4v) is 2.45. The predicted octanol–water partition coefficient (Wildman–Crippen LogP) is 2.82. The maximum atomic E-state index is 12.4. The third-order valence-electron chi connectivity index (χ3n) is 3.60. The highest BCUT2D eigenvalue weighted by atomic mass is 16.5. The molecule has 0 spiro atoms. The van der Waals surface area contributed by atoms with Gasteiger partial charge in [0.2, 0.25) is 0 Å². The Balaban J connectivity index is 2.14. The van der Waals surface area contributed by atoms with Crippen molar-refractivity contribution in [2.45, 2.75) is 52.4 Å². The van der Waals surface area contributed by atoms with Gasteiger partial charge >= 0.3 is 0 Å². The summed E-state index contributed by atoms with van der Waals surface area (Å²) in [6.07, 6.45) is 6.28. The molecule has 0 unspecified atom stereocenters. The molecule has 2 rings (SSSR count). The lowest BCUT2D eigenvalue weighted by atomic mass is 9.96. The van der Waals surface area contributed by atoms with E-state index in [-0.39, 0.29) is 5.91 Å². The molecule has 1 amide bonds. The van der Waals surface area contributed by atoms with Gasteiger partial charge in [0.05, 0.1) is 0 Å². The van der Waals surface area contributed by atoms with Gasteiger partial charge in [-0.05, 0) is 32.6 Å². The van der Waals surface area contributed by atoms with Gasteiger partial charge in [0.15, 0.2) is 5.69 Å². The molecule has 0 saturated heterocycles. The third-order valence-corrected chi connectivity index (χ3v) is 3.60. The number of hydrogen-bond acceptors (Lipinski definition) is 3. The SMILES string of the molecule is CCCCN(CC)C(=O)c1noc2c1CCCC2. The van der Waals surface area contributed by atoms with Crippen LogP contribution in [0.15, 0.2) is 4.52 Å². The number of aryl methyl sites for hydroxylation is 1. The van der Waals surface area contributed by atoms with E-state index in [9.17, 15) is 4.79 Å². The molecule has 0 atom stereocenters. The zero-order valence-corrected chi connectivity index (χ0v) is 11.4. The fourth-order valence-electron chi connectivity index (χ4n) is 2.45. The van der Waals surface area contributed by atoms with E-state index in [2.05, 4.69) is 12.1 Å². The summed E-state index contributed by atoms with van der Waals surface area (Å²) in [5.74, 6) is 0.967. The Hall–Kier alpha value is -1.32. The van der Waals surface area contributed by atoms with E-state index in [0.29, 0.717) is 5.69 Å². The number of hydrogen-bond donors (Lipinski definition) is 0. The number of nitrogens with zero attached hydrogens (tertiary/aromatic N) is 2. The number of rotatable bonds is 5. The van der Waals surface area contributed by atoms with Crippen molar-refractivity contribution in [3.63, 3.8) is 0 Å². The van der Waals surface area contributed by atoms with Gasteiger partial charge in [0.25, 0.3) is 5.91 Å².